The van der Waals surface area contributed by atoms with Crippen LogP contribution in [0.4, 0.5) is 23.4 Å². The van der Waals surface area contributed by atoms with Crippen LogP contribution in [0.15, 0.2) is 48.9 Å². The molecule has 1 saturated heterocycles. The first-order chi connectivity index (χ1) is 14.0. The molecule has 1 fully saturated rings. The summed E-state index contributed by atoms with van der Waals surface area (Å²) in [4.78, 5) is 17.7. The Hall–Kier alpha value is -3.29. The van der Waals surface area contributed by atoms with Crippen molar-refractivity contribution in [3.8, 4) is 0 Å². The van der Waals surface area contributed by atoms with Crippen LogP contribution in [-0.4, -0.2) is 51.3 Å². The van der Waals surface area contributed by atoms with Gasteiger partial charge in [-0.2, -0.15) is 10.1 Å². The summed E-state index contributed by atoms with van der Waals surface area (Å²) in [5, 5.41) is 11.5. The first kappa shape index (κ1) is 19.0. The fourth-order valence-electron chi connectivity index (χ4n) is 3.27. The van der Waals surface area contributed by atoms with Gasteiger partial charge in [-0.1, -0.05) is 32.9 Å². The van der Waals surface area contributed by atoms with Crippen molar-refractivity contribution < 1.29 is 0 Å². The third kappa shape index (κ3) is 4.59. The van der Waals surface area contributed by atoms with Crippen LogP contribution in [0.1, 0.15) is 26.3 Å². The average Bonchev–Trinajstić information content (AvgIpc) is 2.74. The molecule has 4 rings (SSSR count). The van der Waals surface area contributed by atoms with E-state index in [1.165, 1.54) is 5.56 Å². The van der Waals surface area contributed by atoms with Gasteiger partial charge in [-0.25, -0.2) is 9.97 Å². The van der Waals surface area contributed by atoms with Crippen LogP contribution in [0, 0.1) is 0 Å². The molecule has 2 aromatic heterocycles. The lowest BCUT2D eigenvalue weighted by Crippen LogP contribution is -2.47. The van der Waals surface area contributed by atoms with Gasteiger partial charge in [-0.15, -0.1) is 5.10 Å². The zero-order valence-electron chi connectivity index (χ0n) is 17.1. The van der Waals surface area contributed by atoms with Gasteiger partial charge in [0.1, 0.15) is 0 Å². The third-order valence-corrected chi connectivity index (χ3v) is 4.99. The molecule has 0 amide bonds. The van der Waals surface area contributed by atoms with E-state index in [1.807, 2.05) is 6.07 Å². The molecule has 1 aliphatic rings. The number of hydrogen-bond donors (Lipinski definition) is 1. The van der Waals surface area contributed by atoms with Crippen molar-refractivity contribution in [2.24, 2.45) is 0 Å². The van der Waals surface area contributed by atoms with E-state index >= 15 is 0 Å². The van der Waals surface area contributed by atoms with Gasteiger partial charge in [0.05, 0.1) is 6.20 Å². The van der Waals surface area contributed by atoms with Crippen molar-refractivity contribution in [3.63, 3.8) is 0 Å². The summed E-state index contributed by atoms with van der Waals surface area (Å²) in [6.07, 6.45) is 5.26. The Bertz CT molecular complexity index is 929. The van der Waals surface area contributed by atoms with E-state index in [4.69, 9.17) is 0 Å². The molecule has 0 atom stereocenters. The van der Waals surface area contributed by atoms with Crippen molar-refractivity contribution in [2.45, 2.75) is 26.2 Å². The van der Waals surface area contributed by atoms with Crippen LogP contribution in [0.25, 0.3) is 0 Å². The lowest BCUT2D eigenvalue weighted by atomic mass is 9.87. The van der Waals surface area contributed by atoms with Crippen LogP contribution in [0.3, 0.4) is 0 Å². The highest BCUT2D eigenvalue weighted by Gasteiger charge is 2.20. The minimum atomic E-state index is 0.128. The van der Waals surface area contributed by atoms with Crippen molar-refractivity contribution in [1.29, 1.82) is 0 Å². The average molecular weight is 390 g/mol. The van der Waals surface area contributed by atoms with Crippen LogP contribution in [0.5, 0.6) is 0 Å². The van der Waals surface area contributed by atoms with E-state index in [2.05, 4.69) is 85.3 Å². The highest BCUT2D eigenvalue weighted by Crippen LogP contribution is 2.24. The molecule has 0 aliphatic carbocycles. The highest BCUT2D eigenvalue weighted by molar-refractivity contribution is 5.55. The van der Waals surface area contributed by atoms with Crippen molar-refractivity contribution >= 4 is 23.4 Å². The van der Waals surface area contributed by atoms with Crippen molar-refractivity contribution in [1.82, 2.24) is 25.1 Å². The Morgan fingerprint density at radius 2 is 1.55 bits per heavy atom. The predicted molar refractivity (Wildman–Crippen MR) is 115 cm³/mol. The summed E-state index contributed by atoms with van der Waals surface area (Å²) in [5.74, 6) is 2.09. The lowest BCUT2D eigenvalue weighted by molar-refractivity contribution is 0.590. The minimum Gasteiger partial charge on any atom is -0.352 e. The molecular formula is C21H26N8. The summed E-state index contributed by atoms with van der Waals surface area (Å²) in [6.45, 7) is 9.95. The van der Waals surface area contributed by atoms with Crippen LogP contribution < -0.4 is 15.1 Å². The Balaban J connectivity index is 1.40. The Morgan fingerprint density at radius 1 is 0.897 bits per heavy atom. The monoisotopic (exact) mass is 390 g/mol. The minimum absolute atomic E-state index is 0.128. The summed E-state index contributed by atoms with van der Waals surface area (Å²) in [7, 11) is 0. The standard InChI is InChI=1S/C21H26N8/c1-21(2,3)16-5-7-17(8-6-16)25-19-26-18(15-24-27-19)28-11-13-29(14-12-28)20-22-9-4-10-23-20/h4-10,15H,11-14H2,1-3H3,(H,25,26,27). The predicted octanol–water partition coefficient (Wildman–Crippen LogP) is 3.03. The fourth-order valence-corrected chi connectivity index (χ4v) is 3.27. The second kappa shape index (κ2) is 7.98. The first-order valence-corrected chi connectivity index (χ1v) is 9.83. The molecule has 3 aromatic rings. The number of piperazine rings is 1. The van der Waals surface area contributed by atoms with Crippen molar-refractivity contribution in [2.75, 3.05) is 41.3 Å². The molecule has 3 heterocycles. The van der Waals surface area contributed by atoms with Gasteiger partial charge in [0.2, 0.25) is 11.9 Å². The number of nitrogens with zero attached hydrogens (tertiary/aromatic N) is 7. The van der Waals surface area contributed by atoms with Gasteiger partial charge in [0.15, 0.2) is 5.82 Å². The quantitative estimate of drug-likeness (QED) is 0.728. The van der Waals surface area contributed by atoms with E-state index in [0.29, 0.717) is 5.95 Å². The molecule has 29 heavy (non-hydrogen) atoms. The van der Waals surface area contributed by atoms with Gasteiger partial charge < -0.3 is 15.1 Å². The Kier molecular flexibility index (Phi) is 5.24. The smallest absolute Gasteiger partial charge is 0.249 e. The molecule has 8 nitrogen and oxygen atoms in total. The van der Waals surface area contributed by atoms with E-state index in [1.54, 1.807) is 18.6 Å². The van der Waals surface area contributed by atoms with Crippen molar-refractivity contribution in [3.05, 3.63) is 54.5 Å². The number of anilines is 4. The molecule has 8 heteroatoms. The zero-order valence-corrected chi connectivity index (χ0v) is 17.1. The summed E-state index contributed by atoms with van der Waals surface area (Å²) in [6, 6.07) is 10.2. The second-order valence-corrected chi connectivity index (χ2v) is 8.11. The first-order valence-electron chi connectivity index (χ1n) is 9.83. The SMILES string of the molecule is CC(C)(C)c1ccc(Nc2nncc(N3CCN(c4ncccn4)CC3)n2)cc1. The van der Waals surface area contributed by atoms with Gasteiger partial charge in [0, 0.05) is 44.3 Å². The maximum Gasteiger partial charge on any atom is 0.249 e. The summed E-state index contributed by atoms with van der Waals surface area (Å²) < 4.78 is 0. The van der Waals surface area contributed by atoms with E-state index in [0.717, 1.165) is 43.6 Å². The molecule has 0 saturated carbocycles. The number of benzene rings is 1. The Morgan fingerprint density at radius 3 is 2.21 bits per heavy atom. The zero-order chi connectivity index (χ0) is 20.3. The van der Waals surface area contributed by atoms with Gasteiger partial charge in [-0.3, -0.25) is 0 Å². The topological polar surface area (TPSA) is 83.0 Å². The second-order valence-electron chi connectivity index (χ2n) is 8.11. The maximum atomic E-state index is 4.65. The van der Waals surface area contributed by atoms with Crippen LogP contribution in [0.2, 0.25) is 0 Å². The highest BCUT2D eigenvalue weighted by atomic mass is 15.4. The van der Waals surface area contributed by atoms with E-state index < -0.39 is 0 Å². The molecule has 1 aromatic carbocycles. The van der Waals surface area contributed by atoms with Gasteiger partial charge >= 0.3 is 0 Å². The normalized spacial score (nSPS) is 14.7. The fraction of sp³-hybridized carbons (Fsp3) is 0.381. The number of aromatic nitrogens is 5. The number of rotatable bonds is 4. The summed E-state index contributed by atoms with van der Waals surface area (Å²) >= 11 is 0. The molecular weight excluding hydrogens is 364 g/mol. The number of hydrogen-bond acceptors (Lipinski definition) is 8. The molecule has 0 bridgehead atoms. The molecule has 0 spiro atoms. The molecule has 1 N–H and O–H groups in total. The van der Waals surface area contributed by atoms with E-state index in [-0.39, 0.29) is 5.41 Å². The molecule has 0 unspecified atom stereocenters. The summed E-state index contributed by atoms with van der Waals surface area (Å²) in [5.41, 5.74) is 2.36. The Labute approximate surface area is 171 Å². The molecule has 0 radical (unpaired) electrons. The molecule has 150 valence electrons. The maximum absolute atomic E-state index is 4.65. The number of nitrogens with one attached hydrogen (secondary N) is 1. The third-order valence-electron chi connectivity index (χ3n) is 4.99. The van der Waals surface area contributed by atoms with Gasteiger partial charge in [-0.05, 0) is 29.2 Å². The largest absolute Gasteiger partial charge is 0.352 e. The lowest BCUT2D eigenvalue weighted by Gasteiger charge is -2.35. The van der Waals surface area contributed by atoms with Crippen LogP contribution in [-0.2, 0) is 5.41 Å². The van der Waals surface area contributed by atoms with Gasteiger partial charge in [0.25, 0.3) is 0 Å². The van der Waals surface area contributed by atoms with Crippen LogP contribution >= 0.6 is 0 Å². The molecule has 1 aliphatic heterocycles. The van der Waals surface area contributed by atoms with E-state index in [9.17, 15) is 0 Å².